The summed E-state index contributed by atoms with van der Waals surface area (Å²) in [5, 5.41) is 10.3. The van der Waals surface area contributed by atoms with Gasteiger partial charge in [0.25, 0.3) is 0 Å². The number of ether oxygens (including phenoxy) is 1. The Balaban J connectivity index is 2.38. The third-order valence-corrected chi connectivity index (χ3v) is 4.25. The van der Waals surface area contributed by atoms with Gasteiger partial charge in [-0.3, -0.25) is 4.99 Å². The fraction of sp³-hybridized carbons (Fsp3) is 0.316. The molecule has 0 bridgehead atoms. The smallest absolute Gasteiger partial charge is 0.166 e. The molecule has 0 fully saturated rings. The highest BCUT2D eigenvalue weighted by atomic mass is 79.9. The second kappa shape index (κ2) is 8.16. The molecule has 1 N–H and O–H groups in total. The van der Waals surface area contributed by atoms with Crippen LogP contribution in [0, 0.1) is 0 Å². The van der Waals surface area contributed by atoms with Gasteiger partial charge in [0.05, 0.1) is 12.3 Å². The van der Waals surface area contributed by atoms with Crippen LogP contribution in [0.2, 0.25) is 0 Å². The van der Waals surface area contributed by atoms with Crippen LogP contribution in [-0.4, -0.2) is 17.9 Å². The molecule has 2 aromatic rings. The Morgan fingerprint density at radius 2 is 2.00 bits per heavy atom. The van der Waals surface area contributed by atoms with E-state index in [1.807, 2.05) is 31.2 Å². The number of aromatic hydroxyl groups is 1. The number of phenolic OH excluding ortho intramolecular Hbond substituents is 1. The maximum absolute atomic E-state index is 10.3. The highest BCUT2D eigenvalue weighted by Crippen LogP contribution is 2.34. The van der Waals surface area contributed by atoms with Crippen molar-refractivity contribution in [3.05, 3.63) is 52.0 Å². The Kier molecular flexibility index (Phi) is 6.22. The predicted octanol–water partition coefficient (Wildman–Crippen LogP) is 5.82. The van der Waals surface area contributed by atoms with Gasteiger partial charge in [0.2, 0.25) is 0 Å². The van der Waals surface area contributed by atoms with Crippen LogP contribution in [0.5, 0.6) is 11.5 Å². The van der Waals surface area contributed by atoms with Crippen molar-refractivity contribution in [2.24, 2.45) is 4.99 Å². The quantitative estimate of drug-likeness (QED) is 0.646. The molecule has 0 spiro atoms. The molecule has 23 heavy (non-hydrogen) atoms. The first-order chi connectivity index (χ1) is 11.1. The summed E-state index contributed by atoms with van der Waals surface area (Å²) in [5.74, 6) is 1.01. The molecule has 0 aliphatic heterocycles. The van der Waals surface area contributed by atoms with Gasteiger partial charge >= 0.3 is 0 Å². The fourth-order valence-electron chi connectivity index (χ4n) is 2.34. The lowest BCUT2D eigenvalue weighted by Gasteiger charge is -2.12. The second-order valence-corrected chi connectivity index (χ2v) is 6.32. The Labute approximate surface area is 146 Å². The Morgan fingerprint density at radius 1 is 1.26 bits per heavy atom. The molecule has 0 aliphatic carbocycles. The minimum Gasteiger partial charge on any atom is -0.504 e. The topological polar surface area (TPSA) is 41.8 Å². The minimum atomic E-state index is 0.111. The van der Waals surface area contributed by atoms with Crippen molar-refractivity contribution in [2.45, 2.75) is 33.1 Å². The first kappa shape index (κ1) is 17.5. The van der Waals surface area contributed by atoms with E-state index in [1.165, 1.54) is 5.56 Å². The lowest BCUT2D eigenvalue weighted by Crippen LogP contribution is -1.95. The summed E-state index contributed by atoms with van der Waals surface area (Å²) < 4.78 is 6.29. The summed E-state index contributed by atoms with van der Waals surface area (Å²) in [6, 6.07) is 11.7. The molecule has 0 saturated heterocycles. The average molecular weight is 376 g/mol. The number of nitrogens with zero attached hydrogens (tertiary/aromatic N) is 1. The van der Waals surface area contributed by atoms with E-state index >= 15 is 0 Å². The number of rotatable bonds is 6. The van der Waals surface area contributed by atoms with Gasteiger partial charge in [0.15, 0.2) is 11.5 Å². The Morgan fingerprint density at radius 3 is 2.70 bits per heavy atom. The van der Waals surface area contributed by atoms with E-state index in [4.69, 9.17) is 4.74 Å². The van der Waals surface area contributed by atoms with Crippen LogP contribution in [0.1, 0.15) is 44.2 Å². The van der Waals surface area contributed by atoms with Crippen molar-refractivity contribution < 1.29 is 9.84 Å². The van der Waals surface area contributed by atoms with E-state index in [-0.39, 0.29) is 5.75 Å². The van der Waals surface area contributed by atoms with Crippen LogP contribution < -0.4 is 4.74 Å². The number of benzene rings is 2. The molecule has 0 amide bonds. The normalized spacial score (nSPS) is 12.5. The average Bonchev–Trinajstić information content (AvgIpc) is 2.56. The third-order valence-electron chi connectivity index (χ3n) is 3.79. The van der Waals surface area contributed by atoms with Gasteiger partial charge in [-0.2, -0.15) is 0 Å². The first-order valence-electron chi connectivity index (χ1n) is 7.85. The standard InChI is InChI=1S/C19H22BrNO2/c1-4-13(3)16-8-6-7-9-17(16)21-12-14-10-15(20)11-18(19(14)22)23-5-2/h6-13,22H,4-5H2,1-3H3. The van der Waals surface area contributed by atoms with Gasteiger partial charge in [-0.05, 0) is 43.0 Å². The molecule has 1 atom stereocenters. The van der Waals surface area contributed by atoms with Gasteiger partial charge in [-0.1, -0.05) is 48.0 Å². The predicted molar refractivity (Wildman–Crippen MR) is 99.4 cm³/mol. The number of phenols is 1. The van der Waals surface area contributed by atoms with Crippen LogP contribution in [-0.2, 0) is 0 Å². The summed E-state index contributed by atoms with van der Waals surface area (Å²) in [7, 11) is 0. The zero-order valence-corrected chi connectivity index (χ0v) is 15.3. The highest BCUT2D eigenvalue weighted by Gasteiger charge is 2.10. The van der Waals surface area contributed by atoms with Crippen LogP contribution in [0.25, 0.3) is 0 Å². The van der Waals surface area contributed by atoms with Crippen LogP contribution in [0.15, 0.2) is 45.9 Å². The molecule has 122 valence electrons. The third kappa shape index (κ3) is 4.35. The molecule has 0 heterocycles. The summed E-state index contributed by atoms with van der Waals surface area (Å²) in [6.45, 7) is 6.74. The van der Waals surface area contributed by atoms with Crippen LogP contribution >= 0.6 is 15.9 Å². The van der Waals surface area contributed by atoms with E-state index < -0.39 is 0 Å². The highest BCUT2D eigenvalue weighted by molar-refractivity contribution is 9.10. The second-order valence-electron chi connectivity index (χ2n) is 5.40. The number of para-hydroxylation sites is 1. The van der Waals surface area contributed by atoms with Crippen LogP contribution in [0.3, 0.4) is 0 Å². The van der Waals surface area contributed by atoms with Crippen molar-refractivity contribution >= 4 is 27.8 Å². The number of aliphatic imine (C=N–C) groups is 1. The summed E-state index contributed by atoms with van der Waals surface area (Å²) in [4.78, 5) is 4.59. The summed E-state index contributed by atoms with van der Waals surface area (Å²) in [6.07, 6.45) is 2.74. The van der Waals surface area contributed by atoms with Gasteiger partial charge in [-0.25, -0.2) is 0 Å². The van der Waals surface area contributed by atoms with E-state index in [2.05, 4.69) is 40.8 Å². The molecule has 2 rings (SSSR count). The maximum Gasteiger partial charge on any atom is 0.166 e. The summed E-state index contributed by atoms with van der Waals surface area (Å²) in [5.41, 5.74) is 2.77. The Hall–Kier alpha value is -1.81. The fourth-order valence-corrected chi connectivity index (χ4v) is 2.79. The van der Waals surface area contributed by atoms with Gasteiger partial charge in [0, 0.05) is 16.3 Å². The van der Waals surface area contributed by atoms with Crippen LogP contribution in [0.4, 0.5) is 5.69 Å². The van der Waals surface area contributed by atoms with Crippen molar-refractivity contribution in [1.82, 2.24) is 0 Å². The maximum atomic E-state index is 10.3. The molecule has 4 heteroatoms. The lowest BCUT2D eigenvalue weighted by molar-refractivity contribution is 0.317. The lowest BCUT2D eigenvalue weighted by atomic mass is 9.97. The van der Waals surface area contributed by atoms with E-state index in [0.29, 0.717) is 23.8 Å². The zero-order chi connectivity index (χ0) is 16.8. The van der Waals surface area contributed by atoms with E-state index in [9.17, 15) is 5.11 Å². The molecule has 3 nitrogen and oxygen atoms in total. The Bertz CT molecular complexity index is 698. The van der Waals surface area contributed by atoms with Gasteiger partial charge < -0.3 is 9.84 Å². The molecule has 0 saturated carbocycles. The SMILES string of the molecule is CCOc1cc(Br)cc(C=Nc2ccccc2C(C)CC)c1O. The minimum absolute atomic E-state index is 0.111. The van der Waals surface area contributed by atoms with Crippen molar-refractivity contribution in [1.29, 1.82) is 0 Å². The molecule has 0 aromatic heterocycles. The number of halogens is 1. The monoisotopic (exact) mass is 375 g/mol. The van der Waals surface area contributed by atoms with E-state index in [1.54, 1.807) is 12.3 Å². The number of hydrogen-bond donors (Lipinski definition) is 1. The van der Waals surface area contributed by atoms with E-state index in [0.717, 1.165) is 16.6 Å². The molecule has 0 aliphatic rings. The largest absolute Gasteiger partial charge is 0.504 e. The number of hydrogen-bond acceptors (Lipinski definition) is 3. The molecule has 2 aromatic carbocycles. The van der Waals surface area contributed by atoms with Crippen molar-refractivity contribution in [3.8, 4) is 11.5 Å². The first-order valence-corrected chi connectivity index (χ1v) is 8.64. The summed E-state index contributed by atoms with van der Waals surface area (Å²) >= 11 is 3.44. The molecule has 1 unspecified atom stereocenters. The molecular weight excluding hydrogens is 354 g/mol. The zero-order valence-electron chi connectivity index (χ0n) is 13.7. The van der Waals surface area contributed by atoms with Crippen molar-refractivity contribution in [2.75, 3.05) is 6.61 Å². The van der Waals surface area contributed by atoms with Gasteiger partial charge in [-0.15, -0.1) is 0 Å². The van der Waals surface area contributed by atoms with Gasteiger partial charge in [0.1, 0.15) is 0 Å². The molecule has 0 radical (unpaired) electrons. The molecular formula is C19H22BrNO2. The van der Waals surface area contributed by atoms with Crippen molar-refractivity contribution in [3.63, 3.8) is 0 Å².